The monoisotopic (exact) mass is 851 g/mol. The Morgan fingerprint density at radius 1 is 0.729 bits per heavy atom. The van der Waals surface area contributed by atoms with E-state index in [2.05, 4.69) is 27.2 Å². The normalized spacial score (nSPS) is 12.5. The van der Waals surface area contributed by atoms with Crippen LogP contribution in [0, 0.1) is 35.1 Å². The van der Waals surface area contributed by atoms with Crippen molar-refractivity contribution >= 4 is 39.5 Å². The summed E-state index contributed by atoms with van der Waals surface area (Å²) in [4.78, 5) is 51.7. The van der Waals surface area contributed by atoms with Gasteiger partial charge in [0.15, 0.2) is 16.9 Å². The fourth-order valence-corrected chi connectivity index (χ4v) is 5.91. The summed E-state index contributed by atoms with van der Waals surface area (Å²) in [7, 11) is -4.94. The summed E-state index contributed by atoms with van der Waals surface area (Å²) in [5.74, 6) is -5.66. The molecule has 59 heavy (non-hydrogen) atoms. The van der Waals surface area contributed by atoms with Gasteiger partial charge in [0.2, 0.25) is 35.1 Å². The van der Waals surface area contributed by atoms with Crippen LogP contribution in [0.2, 0.25) is 0 Å². The van der Waals surface area contributed by atoms with Gasteiger partial charge in [0, 0.05) is 43.1 Å². The van der Waals surface area contributed by atoms with Gasteiger partial charge in [0.1, 0.15) is 0 Å². The number of para-hydroxylation sites is 1. The minimum atomic E-state index is -4.94. The molecule has 1 heterocycles. The van der Waals surface area contributed by atoms with E-state index in [1.54, 1.807) is 24.3 Å². The number of hydrogen-bond donors (Lipinski definition) is 3. The van der Waals surface area contributed by atoms with Crippen LogP contribution in [-0.4, -0.2) is 108 Å². The number of benzene rings is 3. The lowest BCUT2D eigenvalue weighted by Gasteiger charge is -2.26. The van der Waals surface area contributed by atoms with Crippen LogP contribution in [0.5, 0.6) is 5.75 Å². The average molecular weight is 852 g/mol. The van der Waals surface area contributed by atoms with E-state index < -0.39 is 75.1 Å². The van der Waals surface area contributed by atoms with Gasteiger partial charge in [-0.2, -0.15) is 17.2 Å². The highest BCUT2D eigenvalue weighted by Gasteiger charge is 2.32. The maximum absolute atomic E-state index is 13.6. The first kappa shape index (κ1) is 46.3. The Kier molecular flexibility index (Phi) is 18.2. The summed E-state index contributed by atoms with van der Waals surface area (Å²) >= 11 is 0. The van der Waals surface area contributed by atoms with Crippen LogP contribution in [0.1, 0.15) is 36.0 Å². The van der Waals surface area contributed by atoms with Gasteiger partial charge in [0.25, 0.3) is 10.1 Å². The van der Waals surface area contributed by atoms with E-state index in [-0.39, 0.29) is 90.8 Å². The van der Waals surface area contributed by atoms with E-state index in [1.807, 2.05) is 24.3 Å². The molecule has 1 atom stereocenters. The number of anilines is 1. The highest BCUT2D eigenvalue weighted by Crippen LogP contribution is 2.27. The largest absolute Gasteiger partial charge is 0.420 e. The van der Waals surface area contributed by atoms with Gasteiger partial charge in [-0.25, -0.2) is 8.78 Å². The third-order valence-corrected chi connectivity index (χ3v) is 9.38. The number of carbonyl (C=O) groups excluding carboxylic acids is 4. The zero-order chi connectivity index (χ0) is 42.8. The molecule has 0 saturated heterocycles. The Morgan fingerprint density at radius 2 is 1.27 bits per heavy atom. The van der Waals surface area contributed by atoms with Crippen molar-refractivity contribution in [2.45, 2.75) is 31.1 Å². The molecular weight excluding hydrogens is 810 g/mol. The molecule has 0 bridgehead atoms. The van der Waals surface area contributed by atoms with Crippen molar-refractivity contribution in [3.63, 3.8) is 0 Å². The summed E-state index contributed by atoms with van der Waals surface area (Å²) in [5, 5.41) is 2.61. The van der Waals surface area contributed by atoms with E-state index in [4.69, 9.17) is 18.9 Å². The van der Waals surface area contributed by atoms with Crippen LogP contribution in [-0.2, 0) is 54.8 Å². The van der Waals surface area contributed by atoms with E-state index in [9.17, 15) is 49.7 Å². The summed E-state index contributed by atoms with van der Waals surface area (Å²) in [6.45, 7) is -0.350. The number of ether oxygens (including phenoxy) is 5. The average Bonchev–Trinajstić information content (AvgIpc) is 3.19. The number of halogens is 4. The number of amides is 3. The smallest absolute Gasteiger partial charge is 0.313 e. The molecule has 1 unspecified atom stereocenters. The Balaban J connectivity index is 1.03. The molecule has 0 spiro atoms. The highest BCUT2D eigenvalue weighted by molar-refractivity contribution is 7.87. The molecule has 0 radical (unpaired) electrons. The van der Waals surface area contributed by atoms with Crippen LogP contribution in [0.25, 0.3) is 0 Å². The van der Waals surface area contributed by atoms with E-state index in [1.165, 1.54) is 4.90 Å². The molecule has 1 aliphatic rings. The Labute approximate surface area is 337 Å². The molecule has 15 nitrogen and oxygen atoms in total. The quantitative estimate of drug-likeness (QED) is 0.0241. The van der Waals surface area contributed by atoms with Crippen molar-refractivity contribution in [3.8, 4) is 17.6 Å². The molecule has 0 aromatic heterocycles. The number of hydrogen-bond acceptors (Lipinski definition) is 11. The zero-order valence-corrected chi connectivity index (χ0v) is 32.3. The van der Waals surface area contributed by atoms with Crippen molar-refractivity contribution in [2.24, 2.45) is 0 Å². The first-order valence-electron chi connectivity index (χ1n) is 18.1. The zero-order valence-electron chi connectivity index (χ0n) is 31.5. The van der Waals surface area contributed by atoms with Gasteiger partial charge >= 0.3 is 5.97 Å². The summed E-state index contributed by atoms with van der Waals surface area (Å²) in [6.07, 6.45) is -0.857. The van der Waals surface area contributed by atoms with Crippen molar-refractivity contribution in [3.05, 3.63) is 94.6 Å². The molecule has 0 aliphatic carbocycles. The maximum atomic E-state index is 13.6. The maximum Gasteiger partial charge on any atom is 0.313 e. The van der Waals surface area contributed by atoms with Gasteiger partial charge in [-0.05, 0) is 23.8 Å². The lowest BCUT2D eigenvalue weighted by Crippen LogP contribution is -2.47. The number of rotatable bonds is 23. The third kappa shape index (κ3) is 14.7. The summed E-state index contributed by atoms with van der Waals surface area (Å²) in [6, 6.07) is 14.5. The van der Waals surface area contributed by atoms with Gasteiger partial charge in [0.05, 0.1) is 71.5 Å². The first-order valence-corrected chi connectivity index (χ1v) is 19.6. The lowest BCUT2D eigenvalue weighted by atomic mass is 10.0. The summed E-state index contributed by atoms with van der Waals surface area (Å²) < 4.78 is 113. The van der Waals surface area contributed by atoms with E-state index in [0.29, 0.717) is 11.3 Å². The second kappa shape index (κ2) is 23.2. The molecule has 0 saturated carbocycles. The van der Waals surface area contributed by atoms with Gasteiger partial charge in [-0.1, -0.05) is 42.2 Å². The molecule has 4 rings (SSSR count). The molecule has 3 aromatic carbocycles. The standard InChI is InChI=1S/C39H41F4N3O12S/c40-29-23-30(41)37(43)38(36(29)42)58-35(49)13-16-55-18-20-57-22-21-56-19-17-54-15-12-33(47)45-24-32(59(51,52)53)39(50)44-14-11-34(48)46-25-28-7-2-1-5-26(28)9-10-27-6-3-4-8-31(27)46/h1-8,23,32H,11-22,24-25H2,(H,44,50)(H,45,47)(H,51,52,53). The van der Waals surface area contributed by atoms with Crippen LogP contribution in [0.15, 0.2) is 54.6 Å². The van der Waals surface area contributed by atoms with Gasteiger partial charge in [-0.3, -0.25) is 23.7 Å². The first-order chi connectivity index (χ1) is 28.3. The molecule has 318 valence electrons. The summed E-state index contributed by atoms with van der Waals surface area (Å²) in [5.41, 5.74) is 2.81. The molecule has 20 heteroatoms. The molecule has 3 aromatic rings. The fraction of sp³-hybridized carbons (Fsp3) is 0.385. The van der Waals surface area contributed by atoms with E-state index in [0.717, 1.165) is 11.1 Å². The van der Waals surface area contributed by atoms with E-state index >= 15 is 0 Å². The number of nitrogens with one attached hydrogen (secondary N) is 2. The predicted octanol–water partition coefficient (Wildman–Crippen LogP) is 2.82. The van der Waals surface area contributed by atoms with Crippen LogP contribution >= 0.6 is 0 Å². The highest BCUT2D eigenvalue weighted by atomic mass is 32.2. The van der Waals surface area contributed by atoms with Gasteiger partial charge in [-0.15, -0.1) is 0 Å². The number of fused-ring (bicyclic) bond motifs is 2. The minimum Gasteiger partial charge on any atom is -0.420 e. The SMILES string of the molecule is O=C(CCOCCOCCOCCOCCC(=O)Oc1c(F)c(F)cc(F)c1F)NCC(C(=O)NCCC(=O)N1Cc2ccccc2C#Cc2ccccc21)S(=O)(=O)O. The predicted molar refractivity (Wildman–Crippen MR) is 200 cm³/mol. The van der Waals surface area contributed by atoms with Crippen LogP contribution < -0.4 is 20.3 Å². The van der Waals surface area contributed by atoms with Crippen LogP contribution in [0.3, 0.4) is 0 Å². The topological polar surface area (TPSA) is 196 Å². The van der Waals surface area contributed by atoms with Crippen molar-refractivity contribution < 1.29 is 73.4 Å². The molecule has 0 fully saturated rings. The minimum absolute atomic E-state index is 0.0138. The van der Waals surface area contributed by atoms with Crippen molar-refractivity contribution in [2.75, 3.05) is 70.8 Å². The number of carbonyl (C=O) groups is 4. The van der Waals surface area contributed by atoms with Crippen molar-refractivity contribution in [1.29, 1.82) is 0 Å². The van der Waals surface area contributed by atoms with Gasteiger partial charge < -0.3 is 39.2 Å². The lowest BCUT2D eigenvalue weighted by molar-refractivity contribution is -0.136. The Hall–Kier alpha value is -5.43. The van der Waals surface area contributed by atoms with Crippen LogP contribution in [0.4, 0.5) is 23.2 Å². The Bertz CT molecular complexity index is 2100. The Morgan fingerprint density at radius 3 is 1.90 bits per heavy atom. The molecule has 3 N–H and O–H groups in total. The van der Waals surface area contributed by atoms with Crippen molar-refractivity contribution in [1.82, 2.24) is 10.6 Å². The third-order valence-electron chi connectivity index (χ3n) is 8.28. The second-order valence-corrected chi connectivity index (χ2v) is 14.1. The fourth-order valence-electron chi connectivity index (χ4n) is 5.27. The molecule has 3 amide bonds. The second-order valence-electron chi connectivity index (χ2n) is 12.5. The molecule has 1 aliphatic heterocycles. The number of esters is 1. The number of nitrogens with zero attached hydrogens (tertiary/aromatic N) is 1. The molecular formula is C39H41F4N3O12S.